The van der Waals surface area contributed by atoms with Crippen LogP contribution in [0.3, 0.4) is 0 Å². The zero-order chi connectivity index (χ0) is 34.2. The summed E-state index contributed by atoms with van der Waals surface area (Å²) in [6.07, 6.45) is 27.6. The van der Waals surface area contributed by atoms with Gasteiger partial charge in [-0.05, 0) is 12.8 Å². The average Bonchev–Trinajstić information content (AvgIpc) is 3.37. The smallest absolute Gasteiger partial charge is 0.186 e. The lowest BCUT2D eigenvalue weighted by molar-refractivity contribution is -0.198. The Balaban J connectivity index is 2.21. The quantitative estimate of drug-likeness (QED) is 0.0490. The Kier molecular flexibility index (Phi) is 31.3. The predicted octanol–water partition coefficient (Wildman–Crippen LogP) is 8.39. The molecule has 0 aromatic heterocycles. The Morgan fingerprint density at radius 2 is 0.936 bits per heavy atom. The topological polar surface area (TPSA) is 118 Å². The molecule has 0 aliphatic carbocycles. The zero-order valence-electron chi connectivity index (χ0n) is 30.8. The fourth-order valence-electron chi connectivity index (χ4n) is 6.38. The lowest BCUT2D eigenvalue weighted by Crippen LogP contribution is -2.40. The third kappa shape index (κ3) is 24.5. The number of unbranched alkanes of at least 4 members (excludes halogenated alkanes) is 24. The maximum atomic E-state index is 10.3. The number of aliphatic hydroxyl groups excluding tert-OH is 4. The molecule has 0 amide bonds. The highest BCUT2D eigenvalue weighted by molar-refractivity contribution is 4.90. The molecule has 8 heteroatoms. The van der Waals surface area contributed by atoms with Gasteiger partial charge in [-0.3, -0.25) is 0 Å². The molecule has 1 rings (SSSR count). The van der Waals surface area contributed by atoms with Crippen LogP contribution < -0.4 is 0 Å². The molecule has 0 spiro atoms. The summed E-state index contributed by atoms with van der Waals surface area (Å²) in [5, 5.41) is 39.7. The molecule has 1 saturated heterocycles. The number of rotatable bonds is 36. The molecule has 1 aliphatic heterocycles. The predicted molar refractivity (Wildman–Crippen MR) is 192 cm³/mol. The normalized spacial score (nSPS) is 21.1. The van der Waals surface area contributed by atoms with Crippen LogP contribution in [0.5, 0.6) is 0 Å². The van der Waals surface area contributed by atoms with Gasteiger partial charge in [0.2, 0.25) is 0 Å². The van der Waals surface area contributed by atoms with Crippen molar-refractivity contribution in [1.82, 2.24) is 0 Å². The fourth-order valence-corrected chi connectivity index (χ4v) is 6.38. The summed E-state index contributed by atoms with van der Waals surface area (Å²) in [6.45, 7) is 5.81. The SMILES string of the molecule is CCCCCCCCCCCCCCCOCC(COC1OC(C(O)CO)C(O)C1O)OCCCCCCCCCCCCCCC. The van der Waals surface area contributed by atoms with Crippen LogP contribution in [0, 0.1) is 0 Å². The summed E-state index contributed by atoms with van der Waals surface area (Å²) in [5.41, 5.74) is 0. The van der Waals surface area contributed by atoms with Gasteiger partial charge in [-0.25, -0.2) is 0 Å². The standard InChI is InChI=1S/C39H78O8/c1-3-5-7-9-11-13-15-17-19-21-23-25-27-29-44-32-34(33-46-39-37(43)36(42)38(47-39)35(41)31-40)45-30-28-26-24-22-20-18-16-14-12-10-8-6-4-2/h34-43H,3-33H2,1-2H3. The molecule has 0 aromatic carbocycles. The van der Waals surface area contributed by atoms with Crippen molar-refractivity contribution in [2.24, 2.45) is 0 Å². The number of hydrogen-bond acceptors (Lipinski definition) is 8. The van der Waals surface area contributed by atoms with Crippen LogP contribution in [0.25, 0.3) is 0 Å². The van der Waals surface area contributed by atoms with Gasteiger partial charge in [0.1, 0.15) is 30.5 Å². The van der Waals surface area contributed by atoms with Crippen LogP contribution in [0.1, 0.15) is 181 Å². The monoisotopic (exact) mass is 675 g/mol. The average molecular weight is 675 g/mol. The summed E-state index contributed by atoms with van der Waals surface area (Å²) in [6, 6.07) is 0. The van der Waals surface area contributed by atoms with Crippen LogP contribution in [-0.2, 0) is 18.9 Å². The van der Waals surface area contributed by atoms with Gasteiger partial charge in [-0.2, -0.15) is 0 Å². The molecule has 1 heterocycles. The maximum Gasteiger partial charge on any atom is 0.186 e. The third-order valence-corrected chi connectivity index (χ3v) is 9.57. The highest BCUT2D eigenvalue weighted by Crippen LogP contribution is 2.25. The van der Waals surface area contributed by atoms with Crippen LogP contribution in [-0.4, -0.2) is 90.3 Å². The van der Waals surface area contributed by atoms with E-state index < -0.39 is 37.3 Å². The molecule has 8 nitrogen and oxygen atoms in total. The molecule has 1 aliphatic rings. The Labute approximate surface area is 289 Å². The molecule has 0 bridgehead atoms. The molecule has 0 saturated carbocycles. The van der Waals surface area contributed by atoms with E-state index in [0.29, 0.717) is 19.8 Å². The molecule has 6 unspecified atom stereocenters. The lowest BCUT2D eigenvalue weighted by Gasteiger charge is -2.22. The van der Waals surface area contributed by atoms with Gasteiger partial charge in [0.05, 0.1) is 19.8 Å². The van der Waals surface area contributed by atoms with Gasteiger partial charge >= 0.3 is 0 Å². The Hall–Kier alpha value is -0.320. The van der Waals surface area contributed by atoms with Crippen molar-refractivity contribution in [2.75, 3.05) is 33.0 Å². The van der Waals surface area contributed by atoms with Gasteiger partial charge in [0.15, 0.2) is 6.29 Å². The minimum Gasteiger partial charge on any atom is -0.394 e. The molecule has 0 radical (unpaired) electrons. The first kappa shape index (κ1) is 44.7. The second-order valence-corrected chi connectivity index (χ2v) is 14.1. The third-order valence-electron chi connectivity index (χ3n) is 9.57. The van der Waals surface area contributed by atoms with Crippen molar-refractivity contribution in [1.29, 1.82) is 0 Å². The Morgan fingerprint density at radius 1 is 0.532 bits per heavy atom. The Bertz CT molecular complexity index is 638. The molecule has 0 aromatic rings. The van der Waals surface area contributed by atoms with Gasteiger partial charge < -0.3 is 39.4 Å². The molecular formula is C39H78O8. The van der Waals surface area contributed by atoms with Crippen molar-refractivity contribution >= 4 is 0 Å². The van der Waals surface area contributed by atoms with Gasteiger partial charge in [0.25, 0.3) is 0 Å². The van der Waals surface area contributed by atoms with Gasteiger partial charge in [-0.15, -0.1) is 0 Å². The van der Waals surface area contributed by atoms with Crippen molar-refractivity contribution in [3.63, 3.8) is 0 Å². The largest absolute Gasteiger partial charge is 0.394 e. The van der Waals surface area contributed by atoms with Gasteiger partial charge in [0, 0.05) is 13.2 Å². The van der Waals surface area contributed by atoms with Crippen LogP contribution >= 0.6 is 0 Å². The van der Waals surface area contributed by atoms with Crippen molar-refractivity contribution in [2.45, 2.75) is 218 Å². The Morgan fingerprint density at radius 3 is 1.36 bits per heavy atom. The number of aliphatic hydroxyl groups is 4. The fraction of sp³-hybridized carbons (Fsp3) is 1.00. The van der Waals surface area contributed by atoms with Crippen molar-refractivity contribution < 1.29 is 39.4 Å². The van der Waals surface area contributed by atoms with E-state index in [9.17, 15) is 20.4 Å². The minimum absolute atomic E-state index is 0.146. The van der Waals surface area contributed by atoms with Crippen molar-refractivity contribution in [3.8, 4) is 0 Å². The highest BCUT2D eigenvalue weighted by Gasteiger charge is 2.46. The summed E-state index contributed by atoms with van der Waals surface area (Å²) in [7, 11) is 0. The molecule has 47 heavy (non-hydrogen) atoms. The van der Waals surface area contributed by atoms with E-state index in [2.05, 4.69) is 13.8 Å². The first-order valence-electron chi connectivity index (χ1n) is 20.2. The summed E-state index contributed by atoms with van der Waals surface area (Å²) in [5.74, 6) is 0. The van der Waals surface area contributed by atoms with E-state index >= 15 is 0 Å². The van der Waals surface area contributed by atoms with Crippen molar-refractivity contribution in [3.05, 3.63) is 0 Å². The second-order valence-electron chi connectivity index (χ2n) is 14.1. The molecule has 6 atom stereocenters. The molecule has 282 valence electrons. The van der Waals surface area contributed by atoms with Gasteiger partial charge in [-0.1, -0.05) is 168 Å². The number of hydrogen-bond donors (Lipinski definition) is 4. The maximum absolute atomic E-state index is 10.3. The molecular weight excluding hydrogens is 596 g/mol. The first-order valence-corrected chi connectivity index (χ1v) is 20.2. The van der Waals surface area contributed by atoms with E-state index in [4.69, 9.17) is 18.9 Å². The van der Waals surface area contributed by atoms with E-state index in [1.807, 2.05) is 0 Å². The van der Waals surface area contributed by atoms with Crippen LogP contribution in [0.2, 0.25) is 0 Å². The van der Waals surface area contributed by atoms with E-state index in [1.165, 1.54) is 148 Å². The van der Waals surface area contributed by atoms with E-state index in [-0.39, 0.29) is 12.7 Å². The molecule has 1 fully saturated rings. The lowest BCUT2D eigenvalue weighted by atomic mass is 10.0. The first-order chi connectivity index (χ1) is 23.0. The van der Waals surface area contributed by atoms with E-state index in [1.54, 1.807) is 0 Å². The second kappa shape index (κ2) is 32.9. The minimum atomic E-state index is -1.33. The summed E-state index contributed by atoms with van der Waals surface area (Å²) in [4.78, 5) is 0. The van der Waals surface area contributed by atoms with E-state index in [0.717, 1.165) is 19.3 Å². The van der Waals surface area contributed by atoms with Crippen LogP contribution in [0.15, 0.2) is 0 Å². The number of ether oxygens (including phenoxy) is 4. The highest BCUT2D eigenvalue weighted by atomic mass is 16.7. The molecule has 4 N–H and O–H groups in total. The van der Waals surface area contributed by atoms with Crippen LogP contribution in [0.4, 0.5) is 0 Å². The zero-order valence-corrected chi connectivity index (χ0v) is 30.8. The summed E-state index contributed by atoms with van der Waals surface area (Å²) >= 11 is 0. The summed E-state index contributed by atoms with van der Waals surface area (Å²) < 4.78 is 23.4.